The molecule has 5 nitrogen and oxygen atoms in total. The number of morpholine rings is 1. The number of aromatic nitrogens is 1. The number of hydrogen-bond donors (Lipinski definition) is 2. The van der Waals surface area contributed by atoms with Crippen LogP contribution in [-0.2, 0) is 9.53 Å². The van der Waals surface area contributed by atoms with E-state index in [1.54, 1.807) is 17.5 Å². The van der Waals surface area contributed by atoms with Gasteiger partial charge in [0.2, 0.25) is 0 Å². The number of nitrogens with zero attached hydrogens (tertiary/aromatic N) is 1. The molecule has 1 aromatic heterocycles. The summed E-state index contributed by atoms with van der Waals surface area (Å²) in [5.41, 5.74) is 0. The van der Waals surface area contributed by atoms with Crippen molar-refractivity contribution in [1.29, 1.82) is 0 Å². The van der Waals surface area contributed by atoms with Crippen LogP contribution >= 0.6 is 36.2 Å². The van der Waals surface area contributed by atoms with Gasteiger partial charge in [0, 0.05) is 24.7 Å². The molecule has 1 aliphatic heterocycles. The first-order valence-corrected chi connectivity index (χ1v) is 6.71. The van der Waals surface area contributed by atoms with E-state index in [1.165, 1.54) is 0 Å². The molecule has 2 heterocycles. The fraction of sp³-hybridized carbons (Fsp3) is 0.636. The lowest BCUT2D eigenvalue weighted by molar-refractivity contribution is -0.135. The molecule has 0 aliphatic carbocycles. The highest BCUT2D eigenvalue weighted by Crippen LogP contribution is 2.18. The number of rotatable bonds is 4. The van der Waals surface area contributed by atoms with Gasteiger partial charge in [-0.2, -0.15) is 0 Å². The summed E-state index contributed by atoms with van der Waals surface area (Å²) in [5, 5.41) is 8.99. The van der Waals surface area contributed by atoms with E-state index < -0.39 is 0 Å². The summed E-state index contributed by atoms with van der Waals surface area (Å²) in [6.07, 6.45) is 2.21. The second-order valence-corrected chi connectivity index (χ2v) is 4.83. The van der Waals surface area contributed by atoms with Crippen LogP contribution < -0.4 is 10.6 Å². The van der Waals surface area contributed by atoms with E-state index in [0.29, 0.717) is 13.2 Å². The highest BCUT2D eigenvalue weighted by Gasteiger charge is 2.24. The Bertz CT molecular complexity index is 359. The first-order valence-electron chi connectivity index (χ1n) is 5.83. The lowest BCUT2D eigenvalue weighted by atomic mass is 10.2. The molecule has 0 saturated carbocycles. The fourth-order valence-electron chi connectivity index (χ4n) is 1.74. The van der Waals surface area contributed by atoms with Crippen molar-refractivity contribution in [1.82, 2.24) is 15.6 Å². The van der Waals surface area contributed by atoms with E-state index in [4.69, 9.17) is 4.74 Å². The number of carbonyl (C=O) groups excluding carboxylic acids is 1. The Kier molecular flexibility index (Phi) is 9.30. The number of nitrogens with one attached hydrogen (secondary N) is 2. The molecule has 2 atom stereocenters. The van der Waals surface area contributed by atoms with Crippen LogP contribution in [0.5, 0.6) is 0 Å². The minimum absolute atomic E-state index is 0. The van der Waals surface area contributed by atoms with Gasteiger partial charge in [0.25, 0.3) is 5.91 Å². The third-order valence-electron chi connectivity index (χ3n) is 2.69. The third kappa shape index (κ3) is 5.24. The molecule has 0 aromatic carbocycles. The van der Waals surface area contributed by atoms with E-state index in [0.717, 1.165) is 18.0 Å². The Morgan fingerprint density at radius 3 is 3.00 bits per heavy atom. The van der Waals surface area contributed by atoms with Crippen LogP contribution in [0.3, 0.4) is 0 Å². The standard InChI is InChI=1S/C11H17N3O2S.2ClH/c1-2-8(11-13-4-6-17-11)14-10(15)9-7-12-3-5-16-9;;/h4,6,8-9,12H,2-3,5,7H2,1H3,(H,14,15);2*1H. The molecular formula is C11H19Cl2N3O2S. The van der Waals surface area contributed by atoms with Gasteiger partial charge in [0.1, 0.15) is 11.1 Å². The van der Waals surface area contributed by atoms with Gasteiger partial charge in [0.15, 0.2) is 0 Å². The van der Waals surface area contributed by atoms with Gasteiger partial charge in [-0.15, -0.1) is 36.2 Å². The van der Waals surface area contributed by atoms with Gasteiger partial charge in [-0.25, -0.2) is 4.98 Å². The predicted octanol–water partition coefficient (Wildman–Crippen LogP) is 1.54. The van der Waals surface area contributed by atoms with Crippen LogP contribution in [0.1, 0.15) is 24.4 Å². The molecule has 8 heteroatoms. The topological polar surface area (TPSA) is 63.2 Å². The Hall–Kier alpha value is -0.400. The maximum Gasteiger partial charge on any atom is 0.251 e. The molecule has 1 saturated heterocycles. The normalized spacial score (nSPS) is 19.7. The predicted molar refractivity (Wildman–Crippen MR) is 80.4 cm³/mol. The largest absolute Gasteiger partial charge is 0.366 e. The SMILES string of the molecule is CCC(NC(=O)C1CNCCO1)c1nccs1.Cl.Cl. The monoisotopic (exact) mass is 327 g/mol. The third-order valence-corrected chi connectivity index (χ3v) is 3.58. The summed E-state index contributed by atoms with van der Waals surface area (Å²) in [7, 11) is 0. The van der Waals surface area contributed by atoms with E-state index in [2.05, 4.69) is 15.6 Å². The van der Waals surface area contributed by atoms with Crippen molar-refractivity contribution in [2.24, 2.45) is 0 Å². The van der Waals surface area contributed by atoms with Crippen LogP contribution in [0, 0.1) is 0 Å². The highest BCUT2D eigenvalue weighted by atomic mass is 35.5. The van der Waals surface area contributed by atoms with Crippen LogP contribution in [-0.4, -0.2) is 36.7 Å². The molecule has 1 fully saturated rings. The van der Waals surface area contributed by atoms with Crippen LogP contribution in [0.2, 0.25) is 0 Å². The summed E-state index contributed by atoms with van der Waals surface area (Å²) in [6.45, 7) is 4.02. The van der Waals surface area contributed by atoms with E-state index in [1.807, 2.05) is 12.3 Å². The molecule has 0 bridgehead atoms. The van der Waals surface area contributed by atoms with Crippen LogP contribution in [0.15, 0.2) is 11.6 Å². The van der Waals surface area contributed by atoms with E-state index >= 15 is 0 Å². The zero-order valence-electron chi connectivity index (χ0n) is 10.6. The Morgan fingerprint density at radius 2 is 2.47 bits per heavy atom. The van der Waals surface area contributed by atoms with Gasteiger partial charge in [-0.05, 0) is 6.42 Å². The number of amides is 1. The van der Waals surface area contributed by atoms with Crippen LogP contribution in [0.4, 0.5) is 0 Å². The summed E-state index contributed by atoms with van der Waals surface area (Å²) >= 11 is 1.56. The van der Waals surface area contributed by atoms with Gasteiger partial charge in [0.05, 0.1) is 12.6 Å². The molecular weight excluding hydrogens is 309 g/mol. The Balaban J connectivity index is 0.00000162. The van der Waals surface area contributed by atoms with Crippen molar-refractivity contribution >= 4 is 42.1 Å². The van der Waals surface area contributed by atoms with Crippen molar-refractivity contribution < 1.29 is 9.53 Å². The molecule has 19 heavy (non-hydrogen) atoms. The van der Waals surface area contributed by atoms with E-state index in [-0.39, 0.29) is 42.9 Å². The molecule has 2 rings (SSSR count). The minimum atomic E-state index is -0.377. The van der Waals surface area contributed by atoms with Gasteiger partial charge in [-0.3, -0.25) is 4.79 Å². The number of ether oxygens (including phenoxy) is 1. The van der Waals surface area contributed by atoms with Gasteiger partial charge >= 0.3 is 0 Å². The fourth-order valence-corrected chi connectivity index (χ4v) is 2.52. The number of carbonyl (C=O) groups is 1. The molecule has 1 aliphatic rings. The van der Waals surface area contributed by atoms with Crippen molar-refractivity contribution in [2.45, 2.75) is 25.5 Å². The number of thiazole rings is 1. The highest BCUT2D eigenvalue weighted by molar-refractivity contribution is 7.09. The summed E-state index contributed by atoms with van der Waals surface area (Å²) < 4.78 is 5.41. The number of halogens is 2. The first-order chi connectivity index (χ1) is 8.31. The van der Waals surface area contributed by atoms with E-state index in [9.17, 15) is 4.79 Å². The van der Waals surface area contributed by atoms with Gasteiger partial charge in [-0.1, -0.05) is 6.92 Å². The molecule has 1 amide bonds. The second kappa shape index (κ2) is 9.50. The zero-order chi connectivity index (χ0) is 12.1. The van der Waals surface area contributed by atoms with Gasteiger partial charge < -0.3 is 15.4 Å². The Morgan fingerprint density at radius 1 is 1.68 bits per heavy atom. The van der Waals surface area contributed by atoms with Crippen molar-refractivity contribution in [3.8, 4) is 0 Å². The smallest absolute Gasteiger partial charge is 0.251 e. The minimum Gasteiger partial charge on any atom is -0.366 e. The Labute approximate surface area is 129 Å². The molecule has 0 radical (unpaired) electrons. The summed E-state index contributed by atoms with van der Waals surface area (Å²) in [6, 6.07) is -0.00646. The summed E-state index contributed by atoms with van der Waals surface area (Å²) in [5.74, 6) is -0.0562. The average Bonchev–Trinajstić information content (AvgIpc) is 2.90. The summed E-state index contributed by atoms with van der Waals surface area (Å²) in [4.78, 5) is 16.2. The van der Waals surface area contributed by atoms with Crippen molar-refractivity contribution in [3.63, 3.8) is 0 Å². The maximum absolute atomic E-state index is 12.0. The molecule has 2 N–H and O–H groups in total. The van der Waals surface area contributed by atoms with Crippen molar-refractivity contribution in [3.05, 3.63) is 16.6 Å². The average molecular weight is 328 g/mol. The second-order valence-electron chi connectivity index (χ2n) is 3.90. The molecule has 2 unspecified atom stereocenters. The quantitative estimate of drug-likeness (QED) is 0.880. The molecule has 0 spiro atoms. The lowest BCUT2D eigenvalue weighted by Crippen LogP contribution is -2.48. The first kappa shape index (κ1) is 18.6. The zero-order valence-corrected chi connectivity index (χ0v) is 13.1. The number of hydrogen-bond acceptors (Lipinski definition) is 5. The molecule has 1 aromatic rings. The van der Waals surface area contributed by atoms with Crippen molar-refractivity contribution in [2.75, 3.05) is 19.7 Å². The lowest BCUT2D eigenvalue weighted by Gasteiger charge is -2.24. The molecule has 110 valence electrons. The van der Waals surface area contributed by atoms with Crippen LogP contribution in [0.25, 0.3) is 0 Å². The maximum atomic E-state index is 12.0.